The van der Waals surface area contributed by atoms with Gasteiger partial charge in [0, 0.05) is 24.9 Å². The molecule has 1 aliphatic carbocycles. The minimum Gasteiger partial charge on any atom is -0.396 e. The number of carbonyl (C=O) groups excluding carboxylic acids is 2. The quantitative estimate of drug-likeness (QED) is 0.824. The molecule has 1 aromatic rings. The van der Waals surface area contributed by atoms with Crippen LogP contribution < -0.4 is 10.2 Å². The van der Waals surface area contributed by atoms with E-state index in [0.29, 0.717) is 18.9 Å². The van der Waals surface area contributed by atoms with Gasteiger partial charge in [-0.05, 0) is 75.1 Å². The lowest BCUT2D eigenvalue weighted by atomic mass is 9.86. The van der Waals surface area contributed by atoms with Crippen molar-refractivity contribution in [2.45, 2.75) is 52.0 Å². The maximum absolute atomic E-state index is 12.7. The van der Waals surface area contributed by atoms with Gasteiger partial charge in [-0.1, -0.05) is 6.07 Å². The van der Waals surface area contributed by atoms with Crippen LogP contribution in [0.3, 0.4) is 0 Å². The van der Waals surface area contributed by atoms with E-state index in [1.807, 2.05) is 32.0 Å². The summed E-state index contributed by atoms with van der Waals surface area (Å²) in [6, 6.07) is 6.13. The SMILES string of the molecule is Cc1ccc(N2CCC(C(=O)NC3CCC(CO)CC3)C2=O)cc1C. The number of aryl methyl sites for hydroxylation is 2. The lowest BCUT2D eigenvalue weighted by molar-refractivity contribution is -0.132. The maximum Gasteiger partial charge on any atom is 0.239 e. The number of anilines is 1. The predicted octanol–water partition coefficient (Wildman–Crippen LogP) is 2.32. The summed E-state index contributed by atoms with van der Waals surface area (Å²) in [5.74, 6) is -0.438. The number of benzene rings is 1. The van der Waals surface area contributed by atoms with E-state index < -0.39 is 5.92 Å². The number of nitrogens with one attached hydrogen (secondary N) is 1. The van der Waals surface area contributed by atoms with Gasteiger partial charge in [0.15, 0.2) is 0 Å². The standard InChI is InChI=1S/C20H28N2O3/c1-13-3-8-17(11-14(13)2)22-10-9-18(20(22)25)19(24)21-16-6-4-15(12-23)5-7-16/h3,8,11,15-16,18,23H,4-7,9-10,12H2,1-2H3,(H,21,24). The molecule has 2 aliphatic rings. The Balaban J connectivity index is 1.59. The van der Waals surface area contributed by atoms with Crippen LogP contribution in [0.2, 0.25) is 0 Å². The van der Waals surface area contributed by atoms with E-state index in [-0.39, 0.29) is 24.5 Å². The molecule has 3 rings (SSSR count). The molecule has 1 saturated heterocycles. The second-order valence-corrected chi connectivity index (χ2v) is 7.51. The summed E-state index contributed by atoms with van der Waals surface area (Å²) < 4.78 is 0. The Morgan fingerprint density at radius 1 is 1.16 bits per heavy atom. The van der Waals surface area contributed by atoms with Crippen molar-refractivity contribution in [1.82, 2.24) is 5.32 Å². The van der Waals surface area contributed by atoms with Gasteiger partial charge in [-0.2, -0.15) is 0 Å². The molecule has 1 unspecified atom stereocenters. The van der Waals surface area contributed by atoms with Gasteiger partial charge in [-0.25, -0.2) is 0 Å². The van der Waals surface area contributed by atoms with Crippen molar-refractivity contribution < 1.29 is 14.7 Å². The van der Waals surface area contributed by atoms with Crippen molar-refractivity contribution in [3.8, 4) is 0 Å². The Morgan fingerprint density at radius 2 is 1.88 bits per heavy atom. The average molecular weight is 344 g/mol. The molecule has 0 spiro atoms. The van der Waals surface area contributed by atoms with E-state index in [9.17, 15) is 14.7 Å². The van der Waals surface area contributed by atoms with Crippen LogP contribution in [0.15, 0.2) is 18.2 Å². The van der Waals surface area contributed by atoms with Gasteiger partial charge < -0.3 is 15.3 Å². The molecule has 2 fully saturated rings. The van der Waals surface area contributed by atoms with Crippen LogP contribution in [-0.4, -0.2) is 36.1 Å². The highest BCUT2D eigenvalue weighted by Crippen LogP contribution is 2.28. The molecule has 1 atom stereocenters. The fourth-order valence-corrected chi connectivity index (χ4v) is 3.86. The van der Waals surface area contributed by atoms with E-state index in [4.69, 9.17) is 0 Å². The summed E-state index contributed by atoms with van der Waals surface area (Å²) >= 11 is 0. The highest BCUT2D eigenvalue weighted by Gasteiger charge is 2.38. The second-order valence-electron chi connectivity index (χ2n) is 7.51. The summed E-state index contributed by atoms with van der Waals surface area (Å²) in [5, 5.41) is 12.3. The van der Waals surface area contributed by atoms with E-state index in [0.717, 1.165) is 36.9 Å². The number of carbonyl (C=O) groups is 2. The van der Waals surface area contributed by atoms with Crippen molar-refractivity contribution in [1.29, 1.82) is 0 Å². The first-order chi connectivity index (χ1) is 12.0. The Kier molecular flexibility index (Phi) is 5.42. The van der Waals surface area contributed by atoms with E-state index in [1.165, 1.54) is 5.56 Å². The first kappa shape index (κ1) is 17.9. The third-order valence-electron chi connectivity index (χ3n) is 5.78. The molecule has 5 nitrogen and oxygen atoms in total. The zero-order valence-electron chi connectivity index (χ0n) is 15.1. The van der Waals surface area contributed by atoms with Crippen LogP contribution in [0, 0.1) is 25.7 Å². The Morgan fingerprint density at radius 3 is 2.52 bits per heavy atom. The monoisotopic (exact) mass is 344 g/mol. The first-order valence-corrected chi connectivity index (χ1v) is 9.29. The van der Waals surface area contributed by atoms with E-state index in [1.54, 1.807) is 4.90 Å². The smallest absolute Gasteiger partial charge is 0.239 e. The van der Waals surface area contributed by atoms with Gasteiger partial charge in [-0.15, -0.1) is 0 Å². The molecule has 1 saturated carbocycles. The number of nitrogens with zero attached hydrogens (tertiary/aromatic N) is 1. The molecule has 1 heterocycles. The number of aliphatic hydroxyl groups is 1. The highest BCUT2D eigenvalue weighted by molar-refractivity contribution is 6.09. The van der Waals surface area contributed by atoms with E-state index in [2.05, 4.69) is 5.32 Å². The van der Waals surface area contributed by atoms with Crippen molar-refractivity contribution in [3.63, 3.8) is 0 Å². The summed E-state index contributed by atoms with van der Waals surface area (Å²) in [5.41, 5.74) is 3.23. The predicted molar refractivity (Wildman–Crippen MR) is 97.4 cm³/mol. The van der Waals surface area contributed by atoms with Crippen LogP contribution in [0.5, 0.6) is 0 Å². The van der Waals surface area contributed by atoms with Crippen molar-refractivity contribution in [2.24, 2.45) is 11.8 Å². The van der Waals surface area contributed by atoms with Crippen molar-refractivity contribution in [2.75, 3.05) is 18.1 Å². The molecule has 1 aromatic carbocycles. The molecular formula is C20H28N2O3. The Bertz CT molecular complexity index is 650. The lowest BCUT2D eigenvalue weighted by Gasteiger charge is -2.28. The normalized spacial score (nSPS) is 26.8. The first-order valence-electron chi connectivity index (χ1n) is 9.29. The number of amides is 2. The van der Waals surface area contributed by atoms with Crippen LogP contribution in [0.1, 0.15) is 43.2 Å². The molecule has 25 heavy (non-hydrogen) atoms. The largest absolute Gasteiger partial charge is 0.396 e. The van der Waals surface area contributed by atoms with Gasteiger partial charge in [0.1, 0.15) is 5.92 Å². The van der Waals surface area contributed by atoms with Crippen molar-refractivity contribution >= 4 is 17.5 Å². The van der Waals surface area contributed by atoms with Gasteiger partial charge in [0.25, 0.3) is 0 Å². The topological polar surface area (TPSA) is 69.6 Å². The second kappa shape index (κ2) is 7.56. The Hall–Kier alpha value is -1.88. The van der Waals surface area contributed by atoms with Crippen LogP contribution in [-0.2, 0) is 9.59 Å². The third-order valence-corrected chi connectivity index (χ3v) is 5.78. The molecule has 0 aromatic heterocycles. The molecule has 2 N–H and O–H groups in total. The van der Waals surface area contributed by atoms with Gasteiger partial charge >= 0.3 is 0 Å². The van der Waals surface area contributed by atoms with Crippen LogP contribution in [0.25, 0.3) is 0 Å². The molecule has 136 valence electrons. The zero-order chi connectivity index (χ0) is 18.0. The van der Waals surface area contributed by atoms with Crippen molar-refractivity contribution in [3.05, 3.63) is 29.3 Å². The van der Waals surface area contributed by atoms with E-state index >= 15 is 0 Å². The van der Waals surface area contributed by atoms with Gasteiger partial charge in [0.05, 0.1) is 0 Å². The highest BCUT2D eigenvalue weighted by atomic mass is 16.3. The minimum absolute atomic E-state index is 0.0928. The average Bonchev–Trinajstić information content (AvgIpc) is 2.99. The minimum atomic E-state index is -0.572. The van der Waals surface area contributed by atoms with Gasteiger partial charge in [-0.3, -0.25) is 9.59 Å². The molecule has 2 amide bonds. The molecule has 0 bridgehead atoms. The van der Waals surface area contributed by atoms with Crippen LogP contribution >= 0.6 is 0 Å². The maximum atomic E-state index is 12.7. The molecular weight excluding hydrogens is 316 g/mol. The van der Waals surface area contributed by atoms with Gasteiger partial charge in [0.2, 0.25) is 11.8 Å². The lowest BCUT2D eigenvalue weighted by Crippen LogP contribution is -2.43. The Labute approximate surface area is 149 Å². The zero-order valence-corrected chi connectivity index (χ0v) is 15.1. The number of rotatable bonds is 4. The summed E-state index contributed by atoms with van der Waals surface area (Å²) in [4.78, 5) is 27.0. The summed E-state index contributed by atoms with van der Waals surface area (Å²) in [6.07, 6.45) is 4.23. The number of hydrogen-bond donors (Lipinski definition) is 2. The third kappa shape index (κ3) is 3.87. The molecule has 0 radical (unpaired) electrons. The number of hydrogen-bond acceptors (Lipinski definition) is 3. The fourth-order valence-electron chi connectivity index (χ4n) is 3.86. The summed E-state index contributed by atoms with van der Waals surface area (Å²) in [7, 11) is 0. The molecule has 1 aliphatic heterocycles. The summed E-state index contributed by atoms with van der Waals surface area (Å²) in [6.45, 7) is 4.91. The number of aliphatic hydroxyl groups excluding tert-OH is 1. The van der Waals surface area contributed by atoms with Crippen LogP contribution in [0.4, 0.5) is 5.69 Å². The molecule has 5 heteroatoms. The fraction of sp³-hybridized carbons (Fsp3) is 0.600.